The Morgan fingerprint density at radius 2 is 1.94 bits per heavy atom. The Hall–Kier alpha value is -1.26. The van der Waals surface area contributed by atoms with Crippen molar-refractivity contribution in [3.05, 3.63) is 35.9 Å². The number of rotatable bonds is 1. The second-order valence-corrected chi connectivity index (χ2v) is 5.66. The molecule has 0 aromatic heterocycles. The summed E-state index contributed by atoms with van der Waals surface area (Å²) in [5.74, 6) is 0. The maximum Gasteiger partial charge on any atom is 0.167 e. The molecule has 1 aliphatic heterocycles. The van der Waals surface area contributed by atoms with Crippen molar-refractivity contribution < 1.29 is 5.11 Å². The molecule has 0 unspecified atom stereocenters. The van der Waals surface area contributed by atoms with Crippen molar-refractivity contribution in [2.75, 3.05) is 0 Å². The molecule has 0 saturated heterocycles. The zero-order chi connectivity index (χ0) is 13.0. The van der Waals surface area contributed by atoms with E-state index in [2.05, 4.69) is 5.10 Å². The van der Waals surface area contributed by atoms with Gasteiger partial charge in [0.15, 0.2) is 5.72 Å². The number of benzene rings is 1. The van der Waals surface area contributed by atoms with Crippen LogP contribution in [0.25, 0.3) is 0 Å². The summed E-state index contributed by atoms with van der Waals surface area (Å²) in [7, 11) is 0. The van der Waals surface area contributed by atoms with E-state index in [4.69, 9.17) is 12.2 Å². The van der Waals surface area contributed by atoms with Crippen LogP contribution in [0.4, 0.5) is 0 Å². The number of thiocarbonyl (C=S) groups is 1. The molecule has 1 aliphatic carbocycles. The predicted molar refractivity (Wildman–Crippen MR) is 75.4 cm³/mol. The van der Waals surface area contributed by atoms with Crippen LogP contribution in [-0.2, 0) is 0 Å². The smallest absolute Gasteiger partial charge is 0.167 e. The Balaban J connectivity index is 1.97. The highest BCUT2D eigenvalue weighted by atomic mass is 32.1. The number of hydrazone groups is 1. The first kappa shape index (κ1) is 11.8. The van der Waals surface area contributed by atoms with Gasteiger partial charge in [0.2, 0.25) is 0 Å². The van der Waals surface area contributed by atoms with Crippen molar-refractivity contribution in [3.63, 3.8) is 0 Å². The molecule has 1 fully saturated rings. The Kier molecular flexibility index (Phi) is 2.37. The highest BCUT2D eigenvalue weighted by Crippen LogP contribution is 2.59. The monoisotopic (exact) mass is 260 g/mol. The molecule has 18 heavy (non-hydrogen) atoms. The van der Waals surface area contributed by atoms with Crippen LogP contribution in [0.2, 0.25) is 0 Å². The third-order valence-electron chi connectivity index (χ3n) is 4.22. The summed E-state index contributed by atoms with van der Waals surface area (Å²) in [6.07, 6.45) is 1.98. The molecule has 4 heteroatoms. The van der Waals surface area contributed by atoms with Crippen LogP contribution < -0.4 is 0 Å². The van der Waals surface area contributed by atoms with Gasteiger partial charge in [-0.1, -0.05) is 42.5 Å². The lowest BCUT2D eigenvalue weighted by Crippen LogP contribution is -2.49. The van der Waals surface area contributed by atoms with Gasteiger partial charge in [0.05, 0.1) is 5.41 Å². The number of aliphatic hydroxyl groups is 1. The fourth-order valence-corrected chi connectivity index (χ4v) is 3.15. The lowest BCUT2D eigenvalue weighted by molar-refractivity contribution is -0.0732. The van der Waals surface area contributed by atoms with Crippen LogP contribution in [0.15, 0.2) is 35.4 Å². The van der Waals surface area contributed by atoms with Crippen molar-refractivity contribution in [2.24, 2.45) is 10.5 Å². The van der Waals surface area contributed by atoms with Crippen molar-refractivity contribution in [2.45, 2.75) is 32.4 Å². The first-order chi connectivity index (χ1) is 8.49. The van der Waals surface area contributed by atoms with Gasteiger partial charge in [-0.15, -0.1) is 0 Å². The zero-order valence-electron chi connectivity index (χ0n) is 10.6. The molecule has 0 amide bonds. The van der Waals surface area contributed by atoms with E-state index in [1.807, 2.05) is 44.2 Å². The van der Waals surface area contributed by atoms with Gasteiger partial charge in [-0.05, 0) is 26.7 Å². The van der Waals surface area contributed by atoms with E-state index >= 15 is 0 Å². The van der Waals surface area contributed by atoms with Gasteiger partial charge in [-0.2, -0.15) is 5.10 Å². The first-order valence-corrected chi connectivity index (χ1v) is 6.57. The van der Waals surface area contributed by atoms with Crippen molar-refractivity contribution in [1.82, 2.24) is 5.01 Å². The molecule has 94 valence electrons. The van der Waals surface area contributed by atoms with Gasteiger partial charge in [0.25, 0.3) is 0 Å². The molecular formula is C14H16N2OS. The minimum Gasteiger partial charge on any atom is -0.368 e. The Labute approximate surface area is 112 Å². The summed E-state index contributed by atoms with van der Waals surface area (Å²) in [5.41, 5.74) is 0.739. The Bertz CT molecular complexity index is 532. The molecule has 1 saturated carbocycles. The van der Waals surface area contributed by atoms with Gasteiger partial charge in [0.1, 0.15) is 4.99 Å². The van der Waals surface area contributed by atoms with Gasteiger partial charge >= 0.3 is 0 Å². The van der Waals surface area contributed by atoms with Crippen LogP contribution in [0.3, 0.4) is 0 Å². The zero-order valence-corrected chi connectivity index (χ0v) is 11.4. The average molecular weight is 260 g/mol. The highest BCUT2D eigenvalue weighted by Gasteiger charge is 2.65. The SMILES string of the molecule is CC1=NN(C(=S)c2ccccc2)[C@@](C)(O)C12CC2. The van der Waals surface area contributed by atoms with E-state index in [1.165, 1.54) is 0 Å². The summed E-state index contributed by atoms with van der Waals surface area (Å²) < 4.78 is 0. The van der Waals surface area contributed by atoms with E-state index in [-0.39, 0.29) is 5.41 Å². The van der Waals surface area contributed by atoms with Crippen molar-refractivity contribution in [1.29, 1.82) is 0 Å². The van der Waals surface area contributed by atoms with E-state index in [0.717, 1.165) is 24.1 Å². The minimum absolute atomic E-state index is 0.175. The summed E-state index contributed by atoms with van der Waals surface area (Å²) in [5, 5.41) is 16.9. The molecule has 1 N–H and O–H groups in total. The average Bonchev–Trinajstić information content (AvgIpc) is 3.14. The molecule has 0 radical (unpaired) electrons. The maximum absolute atomic E-state index is 10.8. The molecule has 1 atom stereocenters. The summed E-state index contributed by atoms with van der Waals surface area (Å²) >= 11 is 5.47. The van der Waals surface area contributed by atoms with Crippen LogP contribution in [0.5, 0.6) is 0 Å². The molecule has 3 nitrogen and oxygen atoms in total. The van der Waals surface area contributed by atoms with Crippen molar-refractivity contribution in [3.8, 4) is 0 Å². The standard InChI is InChI=1S/C14H16N2OS/c1-10-14(8-9-14)13(2,17)16(15-10)12(18)11-6-4-3-5-7-11/h3-7,17H,8-9H2,1-2H3/t13-/m0/s1. The second kappa shape index (κ2) is 3.62. The quantitative estimate of drug-likeness (QED) is 0.788. The van der Waals surface area contributed by atoms with Crippen LogP contribution in [0.1, 0.15) is 32.3 Å². The van der Waals surface area contributed by atoms with E-state index in [0.29, 0.717) is 4.99 Å². The Morgan fingerprint density at radius 3 is 2.44 bits per heavy atom. The minimum atomic E-state index is -0.996. The van der Waals surface area contributed by atoms with Crippen LogP contribution >= 0.6 is 12.2 Å². The first-order valence-electron chi connectivity index (χ1n) is 6.17. The fourth-order valence-electron chi connectivity index (χ4n) is 2.80. The maximum atomic E-state index is 10.8. The topological polar surface area (TPSA) is 35.8 Å². The molecule has 1 aromatic carbocycles. The van der Waals surface area contributed by atoms with Gasteiger partial charge in [-0.3, -0.25) is 0 Å². The third kappa shape index (κ3) is 1.39. The Morgan fingerprint density at radius 1 is 1.33 bits per heavy atom. The van der Waals surface area contributed by atoms with Gasteiger partial charge in [-0.25, -0.2) is 5.01 Å². The molecule has 1 aromatic rings. The second-order valence-electron chi connectivity index (χ2n) is 5.27. The normalized spacial score (nSPS) is 28.4. The predicted octanol–water partition coefficient (Wildman–Crippen LogP) is 2.54. The molecule has 3 rings (SSSR count). The number of hydrogen-bond acceptors (Lipinski definition) is 3. The summed E-state index contributed by atoms with van der Waals surface area (Å²) in [4.78, 5) is 0.587. The number of nitrogens with zero attached hydrogens (tertiary/aromatic N) is 2. The lowest BCUT2D eigenvalue weighted by atomic mass is 9.90. The molecule has 2 aliphatic rings. The van der Waals surface area contributed by atoms with Gasteiger partial charge in [0, 0.05) is 11.3 Å². The lowest BCUT2D eigenvalue weighted by Gasteiger charge is -2.34. The molecular weight excluding hydrogens is 244 g/mol. The number of hydrogen-bond donors (Lipinski definition) is 1. The molecule has 1 spiro atoms. The summed E-state index contributed by atoms with van der Waals surface area (Å²) in [6.45, 7) is 3.80. The van der Waals surface area contributed by atoms with E-state index < -0.39 is 5.72 Å². The third-order valence-corrected chi connectivity index (χ3v) is 4.63. The fraction of sp³-hybridized carbons (Fsp3) is 0.429. The van der Waals surface area contributed by atoms with Crippen molar-refractivity contribution >= 4 is 22.9 Å². The molecule has 0 bridgehead atoms. The summed E-state index contributed by atoms with van der Waals surface area (Å²) in [6, 6.07) is 9.72. The highest BCUT2D eigenvalue weighted by molar-refractivity contribution is 7.80. The van der Waals surface area contributed by atoms with E-state index in [1.54, 1.807) is 5.01 Å². The van der Waals surface area contributed by atoms with E-state index in [9.17, 15) is 5.11 Å². The largest absolute Gasteiger partial charge is 0.368 e. The van der Waals surface area contributed by atoms with Gasteiger partial charge < -0.3 is 5.11 Å². The van der Waals surface area contributed by atoms with Crippen LogP contribution in [0, 0.1) is 5.41 Å². The molecule has 1 heterocycles. The van der Waals surface area contributed by atoms with Crippen LogP contribution in [-0.4, -0.2) is 26.5 Å².